The molecule has 1 saturated heterocycles. The van der Waals surface area contributed by atoms with Gasteiger partial charge in [-0.2, -0.15) is 5.26 Å². The van der Waals surface area contributed by atoms with Crippen LogP contribution in [0.15, 0.2) is 18.2 Å². The molecule has 10 nitrogen and oxygen atoms in total. The van der Waals surface area contributed by atoms with E-state index in [0.29, 0.717) is 23.7 Å². The Labute approximate surface area is 188 Å². The number of amides is 2. The number of cyclic esters (lactones) is 1. The molecule has 4 rings (SSSR count). The van der Waals surface area contributed by atoms with Gasteiger partial charge in [-0.1, -0.05) is 6.92 Å². The van der Waals surface area contributed by atoms with Crippen molar-refractivity contribution in [3.8, 4) is 23.2 Å². The van der Waals surface area contributed by atoms with Crippen LogP contribution in [0.3, 0.4) is 0 Å². The van der Waals surface area contributed by atoms with Crippen molar-refractivity contribution in [1.82, 2.24) is 9.55 Å². The number of nitrogens with zero attached hydrogens (tertiary/aromatic N) is 5. The Morgan fingerprint density at radius 2 is 2.21 bits per heavy atom. The summed E-state index contributed by atoms with van der Waals surface area (Å²) in [6.45, 7) is 2.53. The summed E-state index contributed by atoms with van der Waals surface area (Å²) < 4.78 is 39.2. The van der Waals surface area contributed by atoms with Crippen LogP contribution >= 0.6 is 0 Å². The van der Waals surface area contributed by atoms with Crippen molar-refractivity contribution < 1.29 is 27.8 Å². The Balaban J connectivity index is 1.79. The molecule has 174 valence electrons. The van der Waals surface area contributed by atoms with Gasteiger partial charge in [0.25, 0.3) is 6.43 Å². The number of hydrogen-bond donors (Lipinski definition) is 1. The molecule has 2 aromatic rings. The number of carbonyl (C=O) groups is 2. The lowest BCUT2D eigenvalue weighted by atomic mass is 10.1. The van der Waals surface area contributed by atoms with E-state index in [4.69, 9.17) is 15.2 Å². The molecule has 1 atom stereocenters. The van der Waals surface area contributed by atoms with Gasteiger partial charge < -0.3 is 24.7 Å². The minimum Gasteiger partial charge on any atom is -0.491 e. The fourth-order valence-corrected chi connectivity index (χ4v) is 4.02. The molecule has 0 bridgehead atoms. The number of aromatic nitrogens is 2. The number of benzene rings is 1. The second-order valence-corrected chi connectivity index (χ2v) is 7.64. The van der Waals surface area contributed by atoms with E-state index in [1.54, 1.807) is 22.8 Å². The Hall–Kier alpha value is -3.88. The molecule has 1 unspecified atom stereocenters. The number of alkyl halides is 2. The van der Waals surface area contributed by atoms with Gasteiger partial charge in [-0.3, -0.25) is 4.79 Å². The van der Waals surface area contributed by atoms with Gasteiger partial charge in [0.05, 0.1) is 18.7 Å². The van der Waals surface area contributed by atoms with Crippen molar-refractivity contribution >= 4 is 23.5 Å². The minimum atomic E-state index is -2.86. The van der Waals surface area contributed by atoms with Crippen LogP contribution in [0.5, 0.6) is 5.75 Å². The first-order chi connectivity index (χ1) is 15.8. The van der Waals surface area contributed by atoms with E-state index in [1.807, 2.05) is 17.9 Å². The number of rotatable bonds is 7. The van der Waals surface area contributed by atoms with Gasteiger partial charge in [0, 0.05) is 18.3 Å². The van der Waals surface area contributed by atoms with Gasteiger partial charge in [0.15, 0.2) is 11.5 Å². The molecule has 2 N–H and O–H groups in total. The Morgan fingerprint density at radius 3 is 2.88 bits per heavy atom. The second kappa shape index (κ2) is 8.93. The summed E-state index contributed by atoms with van der Waals surface area (Å²) in [6.07, 6.45) is -3.04. The van der Waals surface area contributed by atoms with Crippen molar-refractivity contribution in [1.29, 1.82) is 5.26 Å². The number of ether oxygens (including phenoxy) is 2. The zero-order valence-electron chi connectivity index (χ0n) is 17.8. The van der Waals surface area contributed by atoms with Crippen LogP contribution in [0.25, 0.3) is 11.4 Å². The van der Waals surface area contributed by atoms with Gasteiger partial charge in [0.1, 0.15) is 36.9 Å². The van der Waals surface area contributed by atoms with Crippen molar-refractivity contribution in [2.75, 3.05) is 36.1 Å². The van der Waals surface area contributed by atoms with Crippen molar-refractivity contribution in [3.05, 3.63) is 23.9 Å². The molecule has 1 fully saturated rings. The monoisotopic (exact) mass is 460 g/mol. The molecular weight excluding hydrogens is 438 g/mol. The first-order valence-electron chi connectivity index (χ1n) is 10.4. The average Bonchev–Trinajstić information content (AvgIpc) is 3.27. The molecular formula is C21H22F2N6O4. The molecule has 0 aliphatic carbocycles. The van der Waals surface area contributed by atoms with Crippen LogP contribution in [0, 0.1) is 11.3 Å². The number of carbonyl (C=O) groups excluding carboxylic acids is 2. The summed E-state index contributed by atoms with van der Waals surface area (Å²) >= 11 is 0. The summed E-state index contributed by atoms with van der Waals surface area (Å²) in [7, 11) is 0. The summed E-state index contributed by atoms with van der Waals surface area (Å²) in [5.41, 5.74) is 6.58. The largest absolute Gasteiger partial charge is 0.491 e. The molecule has 0 radical (unpaired) electrons. The van der Waals surface area contributed by atoms with Crippen LogP contribution in [-0.4, -0.2) is 60.3 Å². The van der Waals surface area contributed by atoms with Gasteiger partial charge in [0.2, 0.25) is 5.91 Å². The van der Waals surface area contributed by atoms with Crippen LogP contribution in [0.2, 0.25) is 0 Å². The van der Waals surface area contributed by atoms with Crippen molar-refractivity contribution in [2.24, 2.45) is 5.73 Å². The molecule has 2 aliphatic rings. The Morgan fingerprint density at radius 1 is 1.42 bits per heavy atom. The van der Waals surface area contributed by atoms with Gasteiger partial charge in [-0.05, 0) is 18.6 Å². The molecule has 2 aliphatic heterocycles. The van der Waals surface area contributed by atoms with E-state index in [2.05, 4.69) is 4.98 Å². The maximum atomic E-state index is 13.5. The highest BCUT2D eigenvalue weighted by Crippen LogP contribution is 2.39. The normalized spacial score (nSPS) is 17.0. The van der Waals surface area contributed by atoms with Crippen LogP contribution in [0.4, 0.5) is 25.1 Å². The van der Waals surface area contributed by atoms with Gasteiger partial charge in [-0.25, -0.2) is 23.5 Å². The first-order valence-corrected chi connectivity index (χ1v) is 10.4. The molecule has 1 aromatic carbocycles. The average molecular weight is 460 g/mol. The minimum absolute atomic E-state index is 0.0311. The third-order valence-corrected chi connectivity index (χ3v) is 5.46. The Bertz CT molecular complexity index is 1130. The maximum Gasteiger partial charge on any atom is 0.416 e. The van der Waals surface area contributed by atoms with E-state index in [1.165, 1.54) is 0 Å². The number of hydrogen-bond acceptors (Lipinski definition) is 7. The van der Waals surface area contributed by atoms with Gasteiger partial charge >= 0.3 is 6.09 Å². The summed E-state index contributed by atoms with van der Waals surface area (Å²) in [5, 5.41) is 9.77. The fourth-order valence-electron chi connectivity index (χ4n) is 4.02. The van der Waals surface area contributed by atoms with Gasteiger partial charge in [-0.15, -0.1) is 0 Å². The molecule has 12 heteroatoms. The zero-order chi connectivity index (χ0) is 23.7. The smallest absolute Gasteiger partial charge is 0.416 e. The summed E-state index contributed by atoms with van der Waals surface area (Å²) in [5.74, 6) is 0.125. The maximum absolute atomic E-state index is 13.5. The number of halogens is 2. The molecule has 3 heterocycles. The number of primary amides is 1. The molecule has 33 heavy (non-hydrogen) atoms. The first kappa shape index (κ1) is 22.3. The van der Waals surface area contributed by atoms with Crippen LogP contribution in [0.1, 0.15) is 19.0 Å². The summed E-state index contributed by atoms with van der Waals surface area (Å²) in [4.78, 5) is 30.7. The third kappa shape index (κ3) is 4.02. The Kier molecular flexibility index (Phi) is 6.04. The van der Waals surface area contributed by atoms with E-state index in [-0.39, 0.29) is 31.2 Å². The lowest BCUT2D eigenvalue weighted by Crippen LogP contribution is -2.39. The highest BCUT2D eigenvalue weighted by atomic mass is 19.3. The zero-order valence-corrected chi connectivity index (χ0v) is 17.8. The number of fused-ring (bicyclic) bond motifs is 3. The molecule has 0 spiro atoms. The van der Waals surface area contributed by atoms with E-state index < -0.39 is 31.1 Å². The number of anilines is 2. The van der Waals surface area contributed by atoms with Crippen molar-refractivity contribution in [2.45, 2.75) is 32.4 Å². The van der Waals surface area contributed by atoms with E-state index in [9.17, 15) is 23.6 Å². The standard InChI is InChI=1S/C21H22F2N6O4/c1-2-5-27(10-17(25)30)12-3-4-13-16(8-12)32-7-6-28-14(9-24)20(26-19(13)28)29-15(18(22)23)11-33-21(29)31/h3-4,8,15,18H,2,5-7,10-11H2,1H3,(H2,25,30). The number of nitriles is 1. The topological polar surface area (TPSA) is 127 Å². The lowest BCUT2D eigenvalue weighted by molar-refractivity contribution is -0.116. The predicted molar refractivity (Wildman–Crippen MR) is 113 cm³/mol. The highest BCUT2D eigenvalue weighted by Gasteiger charge is 2.43. The highest BCUT2D eigenvalue weighted by molar-refractivity contribution is 5.91. The molecule has 0 saturated carbocycles. The molecule has 2 amide bonds. The fraction of sp³-hybridized carbons (Fsp3) is 0.429. The van der Waals surface area contributed by atoms with E-state index in [0.717, 1.165) is 17.0 Å². The van der Waals surface area contributed by atoms with Crippen molar-refractivity contribution in [3.63, 3.8) is 0 Å². The lowest BCUT2D eigenvalue weighted by Gasteiger charge is -2.23. The third-order valence-electron chi connectivity index (χ3n) is 5.46. The van der Waals surface area contributed by atoms with Crippen LogP contribution < -0.4 is 20.3 Å². The van der Waals surface area contributed by atoms with Crippen LogP contribution in [-0.2, 0) is 16.1 Å². The number of imidazole rings is 1. The molecule has 1 aromatic heterocycles. The predicted octanol–water partition coefficient (Wildman–Crippen LogP) is 2.11. The quantitative estimate of drug-likeness (QED) is 0.670. The SMILES string of the molecule is CCCN(CC(N)=O)c1ccc2c(c1)OCCn1c-2nc(N2C(=O)OCC2C(F)F)c1C#N. The van der Waals surface area contributed by atoms with E-state index >= 15 is 0 Å². The number of nitrogens with two attached hydrogens (primary N) is 1. The second-order valence-electron chi connectivity index (χ2n) is 7.64. The summed E-state index contributed by atoms with van der Waals surface area (Å²) in [6, 6.07) is 5.68.